The van der Waals surface area contributed by atoms with E-state index in [-0.39, 0.29) is 37.5 Å². The Hall–Kier alpha value is -1.50. The number of carbonyl (C=O) groups excluding carboxylic acids is 1. The average Bonchev–Trinajstić information content (AvgIpc) is 3.27. The van der Waals surface area contributed by atoms with Gasteiger partial charge in [0.2, 0.25) is 0 Å². The van der Waals surface area contributed by atoms with E-state index in [4.69, 9.17) is 10.5 Å². The van der Waals surface area contributed by atoms with Gasteiger partial charge in [-0.1, -0.05) is 0 Å². The van der Waals surface area contributed by atoms with Gasteiger partial charge in [-0.25, -0.2) is 4.39 Å². The minimum atomic E-state index is -0.463. The second kappa shape index (κ2) is 6.51. The topological polar surface area (TPSA) is 68.5 Å². The third kappa shape index (κ3) is 2.92. The first-order chi connectivity index (χ1) is 9.76. The van der Waals surface area contributed by atoms with E-state index in [2.05, 4.69) is 4.98 Å². The van der Waals surface area contributed by atoms with Crippen LogP contribution in [-0.4, -0.2) is 35.0 Å². The number of amides is 1. The molecule has 0 saturated heterocycles. The van der Waals surface area contributed by atoms with Gasteiger partial charge in [-0.2, -0.15) is 0 Å². The van der Waals surface area contributed by atoms with Crippen molar-refractivity contribution in [2.45, 2.75) is 25.1 Å². The summed E-state index contributed by atoms with van der Waals surface area (Å²) in [4.78, 5) is 18.1. The summed E-state index contributed by atoms with van der Waals surface area (Å²) in [6.07, 6.45) is 5.16. The third-order valence-corrected chi connectivity index (χ3v) is 3.62. The van der Waals surface area contributed by atoms with Crippen molar-refractivity contribution in [2.75, 3.05) is 13.2 Å². The van der Waals surface area contributed by atoms with Gasteiger partial charge in [0.15, 0.2) is 6.23 Å². The normalized spacial score (nSPS) is 21.2. The van der Waals surface area contributed by atoms with E-state index in [1.807, 2.05) is 0 Å². The van der Waals surface area contributed by atoms with Crippen LogP contribution in [0.1, 0.15) is 35.0 Å². The summed E-state index contributed by atoms with van der Waals surface area (Å²) in [7, 11) is 0. The number of hydrogen-bond donors (Lipinski definition) is 1. The van der Waals surface area contributed by atoms with Crippen molar-refractivity contribution < 1.29 is 13.9 Å². The van der Waals surface area contributed by atoms with E-state index in [0.29, 0.717) is 17.5 Å². The molecule has 2 aliphatic rings. The molecule has 1 unspecified atom stereocenters. The number of nitrogens with two attached hydrogens (primary N) is 1. The molecule has 3 rings (SSSR count). The van der Waals surface area contributed by atoms with Crippen LogP contribution in [0.2, 0.25) is 0 Å². The molecule has 0 radical (unpaired) electrons. The minimum Gasteiger partial charge on any atom is -0.349 e. The van der Waals surface area contributed by atoms with E-state index in [1.165, 1.54) is 0 Å². The first-order valence-corrected chi connectivity index (χ1v) is 6.62. The van der Waals surface area contributed by atoms with Crippen molar-refractivity contribution in [3.05, 3.63) is 41.5 Å². The largest absolute Gasteiger partial charge is 0.349 e. The minimum absolute atomic E-state index is 0. The molecule has 1 fully saturated rings. The summed E-state index contributed by atoms with van der Waals surface area (Å²) in [6, 6.07) is 2.00. The summed E-state index contributed by atoms with van der Waals surface area (Å²) in [6.45, 7) is 0.180. The standard InChI is InChI=1S/C14H16FN3O2.ClH/c15-5-9(6-16)8-20-14-11-3-4-17-7-12(11)13(19)18(14)10-1-2-10;/h3-5,7,10,14H,1-2,6,8,16H2;1H. The van der Waals surface area contributed by atoms with Crippen molar-refractivity contribution in [3.8, 4) is 0 Å². The average molecular weight is 314 g/mol. The highest BCUT2D eigenvalue weighted by molar-refractivity contribution is 5.99. The molecular weight excluding hydrogens is 297 g/mol. The van der Waals surface area contributed by atoms with E-state index >= 15 is 0 Å². The highest BCUT2D eigenvalue weighted by Gasteiger charge is 2.45. The number of nitrogens with zero attached hydrogens (tertiary/aromatic N) is 2. The maximum atomic E-state index is 12.6. The zero-order chi connectivity index (χ0) is 14.1. The van der Waals surface area contributed by atoms with Crippen LogP contribution >= 0.6 is 12.4 Å². The van der Waals surface area contributed by atoms with Crippen LogP contribution in [0, 0.1) is 0 Å². The van der Waals surface area contributed by atoms with Crippen LogP contribution in [0.4, 0.5) is 4.39 Å². The molecule has 0 bridgehead atoms. The number of aromatic nitrogens is 1. The molecule has 114 valence electrons. The second-order valence-corrected chi connectivity index (χ2v) is 5.04. The number of hydrogen-bond acceptors (Lipinski definition) is 4. The summed E-state index contributed by atoms with van der Waals surface area (Å²) >= 11 is 0. The number of carbonyl (C=O) groups is 1. The Morgan fingerprint density at radius 1 is 1.57 bits per heavy atom. The van der Waals surface area contributed by atoms with Gasteiger partial charge in [0.1, 0.15) is 0 Å². The van der Waals surface area contributed by atoms with Gasteiger partial charge in [0.05, 0.1) is 18.5 Å². The molecule has 1 atom stereocenters. The highest BCUT2D eigenvalue weighted by Crippen LogP contribution is 2.42. The van der Waals surface area contributed by atoms with E-state index < -0.39 is 6.23 Å². The lowest BCUT2D eigenvalue weighted by atomic mass is 10.2. The zero-order valence-corrected chi connectivity index (χ0v) is 12.2. The molecule has 5 nitrogen and oxygen atoms in total. The molecule has 1 aliphatic carbocycles. The van der Waals surface area contributed by atoms with Gasteiger partial charge >= 0.3 is 0 Å². The van der Waals surface area contributed by atoms with Gasteiger partial charge in [0.25, 0.3) is 5.91 Å². The Labute approximate surface area is 128 Å². The molecule has 1 aromatic heterocycles. The second-order valence-electron chi connectivity index (χ2n) is 5.04. The molecule has 1 saturated carbocycles. The summed E-state index contributed by atoms with van der Waals surface area (Å²) < 4.78 is 18.3. The summed E-state index contributed by atoms with van der Waals surface area (Å²) in [5.74, 6) is -0.0564. The molecule has 21 heavy (non-hydrogen) atoms. The van der Waals surface area contributed by atoms with Crippen molar-refractivity contribution >= 4 is 18.3 Å². The monoisotopic (exact) mass is 313 g/mol. The summed E-state index contributed by atoms with van der Waals surface area (Å²) in [5, 5.41) is 0. The number of fused-ring (bicyclic) bond motifs is 1. The van der Waals surface area contributed by atoms with Crippen LogP contribution < -0.4 is 5.73 Å². The number of pyridine rings is 1. The first-order valence-electron chi connectivity index (χ1n) is 6.62. The van der Waals surface area contributed by atoms with E-state index in [0.717, 1.165) is 18.4 Å². The molecule has 1 aliphatic heterocycles. The fourth-order valence-electron chi connectivity index (χ4n) is 2.40. The maximum absolute atomic E-state index is 12.6. The molecule has 2 heterocycles. The van der Waals surface area contributed by atoms with E-state index in [1.54, 1.807) is 23.4 Å². The molecule has 1 amide bonds. The van der Waals surface area contributed by atoms with Crippen LogP contribution in [-0.2, 0) is 4.74 Å². The fourth-order valence-corrected chi connectivity index (χ4v) is 2.40. The Morgan fingerprint density at radius 2 is 2.33 bits per heavy atom. The Morgan fingerprint density at radius 3 is 2.95 bits per heavy atom. The van der Waals surface area contributed by atoms with E-state index in [9.17, 15) is 9.18 Å². The van der Waals surface area contributed by atoms with Crippen molar-refractivity contribution in [2.24, 2.45) is 5.73 Å². The quantitative estimate of drug-likeness (QED) is 0.902. The molecule has 7 heteroatoms. The van der Waals surface area contributed by atoms with Gasteiger partial charge in [0, 0.05) is 30.5 Å². The molecule has 1 aromatic rings. The molecule has 0 spiro atoms. The Balaban J connectivity index is 0.00000161. The Bertz CT molecular complexity index is 563. The van der Waals surface area contributed by atoms with Crippen molar-refractivity contribution in [1.82, 2.24) is 9.88 Å². The third-order valence-electron chi connectivity index (χ3n) is 3.62. The summed E-state index contributed by atoms with van der Waals surface area (Å²) in [5.41, 5.74) is 7.16. The smallest absolute Gasteiger partial charge is 0.258 e. The molecule has 0 aromatic carbocycles. The van der Waals surface area contributed by atoms with Crippen molar-refractivity contribution in [3.63, 3.8) is 0 Å². The fraction of sp³-hybridized carbons (Fsp3) is 0.429. The molecule has 2 N–H and O–H groups in total. The van der Waals surface area contributed by atoms with Crippen molar-refractivity contribution in [1.29, 1.82) is 0 Å². The lowest BCUT2D eigenvalue weighted by Crippen LogP contribution is -2.32. The van der Waals surface area contributed by atoms with Gasteiger partial charge < -0.3 is 15.4 Å². The lowest BCUT2D eigenvalue weighted by molar-refractivity contribution is -0.0342. The van der Waals surface area contributed by atoms with Gasteiger partial charge in [-0.05, 0) is 24.5 Å². The SMILES string of the molecule is Cl.NCC(=CF)COC1c2ccncc2C(=O)N1C1CC1. The lowest BCUT2D eigenvalue weighted by Gasteiger charge is -2.25. The molecular formula is C14H17ClFN3O2. The number of ether oxygens (including phenoxy) is 1. The first kappa shape index (κ1) is 15.9. The Kier molecular flexibility index (Phi) is 4.92. The number of rotatable bonds is 5. The van der Waals surface area contributed by atoms with Gasteiger partial charge in [-0.15, -0.1) is 12.4 Å². The highest BCUT2D eigenvalue weighted by atomic mass is 35.5. The number of halogens is 2. The van der Waals surface area contributed by atoms with Crippen LogP contribution in [0.5, 0.6) is 0 Å². The predicted molar refractivity (Wildman–Crippen MR) is 77.6 cm³/mol. The zero-order valence-electron chi connectivity index (χ0n) is 11.4. The van der Waals surface area contributed by atoms with Gasteiger partial charge in [-0.3, -0.25) is 9.78 Å². The van der Waals surface area contributed by atoms with Crippen LogP contribution in [0.25, 0.3) is 0 Å². The maximum Gasteiger partial charge on any atom is 0.258 e. The van der Waals surface area contributed by atoms with Crippen LogP contribution in [0.3, 0.4) is 0 Å². The predicted octanol–water partition coefficient (Wildman–Crippen LogP) is 1.95. The van der Waals surface area contributed by atoms with Crippen LogP contribution in [0.15, 0.2) is 30.4 Å².